The van der Waals surface area contributed by atoms with Crippen LogP contribution in [0.25, 0.3) is 0 Å². The fourth-order valence-corrected chi connectivity index (χ4v) is 1.53. The fraction of sp³-hybridized carbons (Fsp3) is 0.545. The van der Waals surface area contributed by atoms with Crippen LogP contribution in [-0.4, -0.2) is 29.3 Å². The summed E-state index contributed by atoms with van der Waals surface area (Å²) in [5.74, 6) is 0.905. The van der Waals surface area contributed by atoms with Gasteiger partial charge in [-0.25, -0.2) is 4.98 Å². The summed E-state index contributed by atoms with van der Waals surface area (Å²) in [4.78, 5) is 6.41. The minimum absolute atomic E-state index is 0.205. The van der Waals surface area contributed by atoms with Crippen LogP contribution in [-0.2, 0) is 0 Å². The van der Waals surface area contributed by atoms with Gasteiger partial charge >= 0.3 is 0 Å². The molecule has 4 heteroatoms. The summed E-state index contributed by atoms with van der Waals surface area (Å²) < 4.78 is 0. The molecule has 15 heavy (non-hydrogen) atoms. The number of aliphatic hydroxyl groups is 1. The number of pyridine rings is 1. The summed E-state index contributed by atoms with van der Waals surface area (Å²) in [5.41, 5.74) is 0. The second-order valence-corrected chi connectivity index (χ2v) is 4.14. The zero-order valence-corrected chi connectivity index (χ0v) is 9.91. The summed E-state index contributed by atoms with van der Waals surface area (Å²) in [5, 5.41) is 9.46. The number of aliphatic hydroxyl groups excluding tert-OH is 1. The Kier molecular flexibility index (Phi) is 4.85. The molecule has 0 amide bonds. The van der Waals surface area contributed by atoms with Crippen LogP contribution in [0.5, 0.6) is 0 Å². The Bertz CT molecular complexity index is 287. The molecule has 0 aromatic carbocycles. The molecule has 1 aromatic heterocycles. The minimum Gasteiger partial charge on any atom is -0.396 e. The average Bonchev–Trinajstić information content (AvgIpc) is 2.21. The number of hydrogen-bond acceptors (Lipinski definition) is 3. The van der Waals surface area contributed by atoms with Crippen LogP contribution >= 0.6 is 11.6 Å². The zero-order valence-electron chi connectivity index (χ0n) is 9.15. The Morgan fingerprint density at radius 1 is 1.47 bits per heavy atom. The highest BCUT2D eigenvalue weighted by molar-refractivity contribution is 6.30. The second-order valence-electron chi connectivity index (χ2n) is 3.70. The van der Waals surface area contributed by atoms with Crippen LogP contribution in [0.15, 0.2) is 18.3 Å². The highest BCUT2D eigenvalue weighted by atomic mass is 35.5. The van der Waals surface area contributed by atoms with Crippen molar-refractivity contribution in [1.29, 1.82) is 0 Å². The smallest absolute Gasteiger partial charge is 0.128 e. The molecule has 3 nitrogen and oxygen atoms in total. The molecule has 0 unspecified atom stereocenters. The van der Waals surface area contributed by atoms with Gasteiger partial charge < -0.3 is 10.0 Å². The lowest BCUT2D eigenvalue weighted by molar-refractivity contribution is 0.288. The molecule has 84 valence electrons. The van der Waals surface area contributed by atoms with Crippen molar-refractivity contribution in [3.05, 3.63) is 23.4 Å². The third kappa shape index (κ3) is 3.68. The van der Waals surface area contributed by atoms with Gasteiger partial charge in [0, 0.05) is 25.4 Å². The van der Waals surface area contributed by atoms with Crippen molar-refractivity contribution in [1.82, 2.24) is 4.98 Å². The standard InChI is InChI=1S/C11H17ClN2O/c1-9(2)14(6-3-7-15)11-5-4-10(12)8-13-11/h4-5,8-9,15H,3,6-7H2,1-2H3. The molecule has 0 saturated carbocycles. The number of aromatic nitrogens is 1. The lowest BCUT2D eigenvalue weighted by Crippen LogP contribution is -2.32. The molecule has 1 rings (SSSR count). The monoisotopic (exact) mass is 228 g/mol. The number of halogens is 1. The summed E-state index contributed by atoms with van der Waals surface area (Å²) in [6.45, 7) is 5.22. The van der Waals surface area contributed by atoms with E-state index < -0.39 is 0 Å². The molecule has 1 N–H and O–H groups in total. The van der Waals surface area contributed by atoms with Gasteiger partial charge in [-0.2, -0.15) is 0 Å². The largest absolute Gasteiger partial charge is 0.396 e. The van der Waals surface area contributed by atoms with Gasteiger partial charge in [-0.3, -0.25) is 0 Å². The second kappa shape index (κ2) is 5.93. The lowest BCUT2D eigenvalue weighted by Gasteiger charge is -2.27. The van der Waals surface area contributed by atoms with Crippen molar-refractivity contribution in [2.75, 3.05) is 18.1 Å². The summed E-state index contributed by atoms with van der Waals surface area (Å²) >= 11 is 5.78. The molecule has 0 aliphatic rings. The minimum atomic E-state index is 0.205. The first kappa shape index (κ1) is 12.3. The Balaban J connectivity index is 2.74. The molecule has 1 aromatic rings. The van der Waals surface area contributed by atoms with E-state index in [2.05, 4.69) is 23.7 Å². The SMILES string of the molecule is CC(C)N(CCCO)c1ccc(Cl)cn1. The van der Waals surface area contributed by atoms with Crippen molar-refractivity contribution >= 4 is 17.4 Å². The number of nitrogens with zero attached hydrogens (tertiary/aromatic N) is 2. The Morgan fingerprint density at radius 2 is 2.20 bits per heavy atom. The van der Waals surface area contributed by atoms with Gasteiger partial charge in [-0.15, -0.1) is 0 Å². The molecule has 0 fully saturated rings. The van der Waals surface area contributed by atoms with Crippen molar-refractivity contribution in [2.45, 2.75) is 26.3 Å². The molecule has 0 aliphatic carbocycles. The van der Waals surface area contributed by atoms with E-state index in [1.165, 1.54) is 0 Å². The van der Waals surface area contributed by atoms with Gasteiger partial charge in [0.05, 0.1) is 5.02 Å². The first-order chi connectivity index (χ1) is 7.15. The molecule has 0 radical (unpaired) electrons. The van der Waals surface area contributed by atoms with Crippen molar-refractivity contribution in [3.63, 3.8) is 0 Å². The number of hydrogen-bond donors (Lipinski definition) is 1. The first-order valence-corrected chi connectivity index (χ1v) is 5.52. The molecule has 0 bridgehead atoms. The Morgan fingerprint density at radius 3 is 2.67 bits per heavy atom. The van der Waals surface area contributed by atoms with Crippen LogP contribution in [0.1, 0.15) is 20.3 Å². The van der Waals surface area contributed by atoms with E-state index in [-0.39, 0.29) is 6.61 Å². The van der Waals surface area contributed by atoms with E-state index in [0.29, 0.717) is 11.1 Å². The fourth-order valence-electron chi connectivity index (χ4n) is 1.42. The van der Waals surface area contributed by atoms with Crippen LogP contribution in [0, 0.1) is 0 Å². The van der Waals surface area contributed by atoms with Crippen LogP contribution in [0.2, 0.25) is 5.02 Å². The predicted octanol–water partition coefficient (Wildman–Crippen LogP) is 2.33. The van der Waals surface area contributed by atoms with Gasteiger partial charge in [0.25, 0.3) is 0 Å². The molecule has 0 spiro atoms. The van der Waals surface area contributed by atoms with Crippen LogP contribution < -0.4 is 4.90 Å². The molecule has 0 aliphatic heterocycles. The average molecular weight is 229 g/mol. The van der Waals surface area contributed by atoms with Crippen LogP contribution in [0.3, 0.4) is 0 Å². The molecule has 0 atom stereocenters. The first-order valence-electron chi connectivity index (χ1n) is 5.14. The maximum atomic E-state index is 8.82. The third-order valence-electron chi connectivity index (χ3n) is 2.19. The lowest BCUT2D eigenvalue weighted by atomic mass is 10.2. The Hall–Kier alpha value is -0.800. The van der Waals surface area contributed by atoms with Crippen LogP contribution in [0.4, 0.5) is 5.82 Å². The van der Waals surface area contributed by atoms with E-state index in [1.807, 2.05) is 12.1 Å². The highest BCUT2D eigenvalue weighted by Gasteiger charge is 2.10. The van der Waals surface area contributed by atoms with E-state index in [0.717, 1.165) is 18.8 Å². The van der Waals surface area contributed by atoms with E-state index in [4.69, 9.17) is 16.7 Å². The predicted molar refractivity (Wildman–Crippen MR) is 63.4 cm³/mol. The van der Waals surface area contributed by atoms with E-state index in [1.54, 1.807) is 6.20 Å². The zero-order chi connectivity index (χ0) is 11.3. The maximum absolute atomic E-state index is 8.82. The quantitative estimate of drug-likeness (QED) is 0.841. The highest BCUT2D eigenvalue weighted by Crippen LogP contribution is 2.16. The van der Waals surface area contributed by atoms with Gasteiger partial charge in [-0.1, -0.05) is 11.6 Å². The molecule has 0 saturated heterocycles. The number of anilines is 1. The number of rotatable bonds is 5. The molecular weight excluding hydrogens is 212 g/mol. The van der Waals surface area contributed by atoms with Crippen molar-refractivity contribution < 1.29 is 5.11 Å². The summed E-state index contributed by atoms with van der Waals surface area (Å²) in [6.07, 6.45) is 2.40. The van der Waals surface area contributed by atoms with Gasteiger partial charge in [0.15, 0.2) is 0 Å². The van der Waals surface area contributed by atoms with Gasteiger partial charge in [0.1, 0.15) is 5.82 Å². The third-order valence-corrected chi connectivity index (χ3v) is 2.41. The van der Waals surface area contributed by atoms with E-state index >= 15 is 0 Å². The van der Waals surface area contributed by atoms with Crippen molar-refractivity contribution in [2.24, 2.45) is 0 Å². The van der Waals surface area contributed by atoms with Gasteiger partial charge in [-0.05, 0) is 32.4 Å². The molecular formula is C11H17ClN2O. The Labute approximate surface area is 95.7 Å². The summed E-state index contributed by atoms with van der Waals surface area (Å²) in [7, 11) is 0. The summed E-state index contributed by atoms with van der Waals surface area (Å²) in [6, 6.07) is 4.10. The maximum Gasteiger partial charge on any atom is 0.128 e. The topological polar surface area (TPSA) is 36.4 Å². The molecule has 1 heterocycles. The van der Waals surface area contributed by atoms with Crippen molar-refractivity contribution in [3.8, 4) is 0 Å². The van der Waals surface area contributed by atoms with E-state index in [9.17, 15) is 0 Å². The van der Waals surface area contributed by atoms with Gasteiger partial charge in [0.2, 0.25) is 0 Å². The normalized spacial score (nSPS) is 10.7.